The van der Waals surface area contributed by atoms with Crippen molar-refractivity contribution in [2.24, 2.45) is 0 Å². The molecule has 1 aliphatic carbocycles. The second-order valence-corrected chi connectivity index (χ2v) is 6.69. The fourth-order valence-corrected chi connectivity index (χ4v) is 3.31. The van der Waals surface area contributed by atoms with Gasteiger partial charge in [-0.15, -0.1) is 0 Å². The zero-order chi connectivity index (χ0) is 18.9. The number of amides is 1. The van der Waals surface area contributed by atoms with Gasteiger partial charge in [-0.25, -0.2) is 8.78 Å². The molecule has 1 aromatic heterocycles. The normalized spacial score (nSPS) is 18.9. The van der Waals surface area contributed by atoms with E-state index in [0.29, 0.717) is 48.9 Å². The zero-order valence-electron chi connectivity index (χ0n) is 14.5. The van der Waals surface area contributed by atoms with Crippen LogP contribution in [-0.2, 0) is 6.54 Å². The highest BCUT2D eigenvalue weighted by atomic mass is 19.3. The number of aromatic nitrogens is 2. The number of hydrogen-bond donors (Lipinski definition) is 1. The lowest BCUT2D eigenvalue weighted by Gasteiger charge is -2.26. The topological polar surface area (TPSA) is 86.5 Å². The number of nitrogens with one attached hydrogen (secondary N) is 1. The molecule has 2 aliphatic rings. The number of para-hydroxylation sites is 1. The summed E-state index contributed by atoms with van der Waals surface area (Å²) >= 11 is 0. The van der Waals surface area contributed by atoms with Crippen molar-refractivity contribution in [3.63, 3.8) is 0 Å². The van der Waals surface area contributed by atoms with Gasteiger partial charge in [0, 0.05) is 18.8 Å². The highest BCUT2D eigenvalue weighted by Gasteiger charge is 2.37. The summed E-state index contributed by atoms with van der Waals surface area (Å²) in [6.07, 6.45) is 0.316. The number of ether oxygens (including phenoxy) is 2. The molecule has 2 aromatic rings. The second kappa shape index (κ2) is 7.13. The van der Waals surface area contributed by atoms with Crippen LogP contribution in [0.1, 0.15) is 53.7 Å². The van der Waals surface area contributed by atoms with Gasteiger partial charge in [-0.05, 0) is 25.0 Å². The molecule has 27 heavy (non-hydrogen) atoms. The molecule has 0 atom stereocenters. The van der Waals surface area contributed by atoms with E-state index in [-0.39, 0.29) is 37.1 Å². The molecular formula is C18H19F2N3O4. The van der Waals surface area contributed by atoms with Crippen molar-refractivity contribution < 1.29 is 27.6 Å². The predicted octanol–water partition coefficient (Wildman–Crippen LogP) is 3.06. The van der Waals surface area contributed by atoms with Crippen LogP contribution in [0.2, 0.25) is 0 Å². The molecular weight excluding hydrogens is 360 g/mol. The molecule has 1 aromatic carbocycles. The predicted molar refractivity (Wildman–Crippen MR) is 89.1 cm³/mol. The summed E-state index contributed by atoms with van der Waals surface area (Å²) in [6, 6.07) is 5.10. The molecule has 9 heteroatoms. The van der Waals surface area contributed by atoms with E-state index in [2.05, 4.69) is 15.5 Å². The van der Waals surface area contributed by atoms with Crippen LogP contribution in [0.3, 0.4) is 0 Å². The molecule has 1 amide bonds. The number of alkyl halides is 2. The summed E-state index contributed by atoms with van der Waals surface area (Å²) < 4.78 is 42.7. The average molecular weight is 379 g/mol. The SMILES string of the molecule is O=C(NCc1nc(C2CCC(F)(F)CC2)no1)c1cccc2c1OCCO2. The number of rotatable bonds is 4. The third kappa shape index (κ3) is 3.86. The molecule has 1 fully saturated rings. The number of carbonyl (C=O) groups is 1. The number of halogens is 2. The molecule has 2 heterocycles. The standard InChI is InChI=1S/C18H19F2N3O4/c19-18(20)6-4-11(5-7-18)16-22-14(27-23-16)10-21-17(24)12-2-1-3-13-15(12)26-9-8-25-13/h1-3,11H,4-10H2,(H,21,24). The van der Waals surface area contributed by atoms with E-state index < -0.39 is 5.92 Å². The van der Waals surface area contributed by atoms with Crippen molar-refractivity contribution >= 4 is 5.91 Å². The highest BCUT2D eigenvalue weighted by molar-refractivity contribution is 5.97. The van der Waals surface area contributed by atoms with Gasteiger partial charge in [-0.2, -0.15) is 4.98 Å². The Bertz CT molecular complexity index is 830. The minimum atomic E-state index is -2.60. The summed E-state index contributed by atoms with van der Waals surface area (Å²) in [7, 11) is 0. The number of carbonyl (C=O) groups excluding carboxylic acids is 1. The van der Waals surface area contributed by atoms with E-state index in [0.717, 1.165) is 0 Å². The maximum atomic E-state index is 13.3. The third-order valence-corrected chi connectivity index (χ3v) is 4.78. The van der Waals surface area contributed by atoms with Crippen molar-refractivity contribution in [3.05, 3.63) is 35.5 Å². The second-order valence-electron chi connectivity index (χ2n) is 6.69. The van der Waals surface area contributed by atoms with Crippen LogP contribution < -0.4 is 14.8 Å². The van der Waals surface area contributed by atoms with E-state index in [1.165, 1.54) is 0 Å². The molecule has 0 radical (unpaired) electrons. The smallest absolute Gasteiger partial charge is 0.255 e. The molecule has 1 N–H and O–H groups in total. The molecule has 4 rings (SSSR count). The molecule has 144 valence electrons. The average Bonchev–Trinajstić information content (AvgIpc) is 3.14. The van der Waals surface area contributed by atoms with Crippen LogP contribution in [0.4, 0.5) is 8.78 Å². The summed E-state index contributed by atoms with van der Waals surface area (Å²) in [4.78, 5) is 16.7. The molecule has 1 aliphatic heterocycles. The first-order chi connectivity index (χ1) is 13.0. The highest BCUT2D eigenvalue weighted by Crippen LogP contribution is 2.40. The van der Waals surface area contributed by atoms with Gasteiger partial charge >= 0.3 is 0 Å². The maximum Gasteiger partial charge on any atom is 0.255 e. The Labute approximate surface area is 154 Å². The number of fused-ring (bicyclic) bond motifs is 1. The number of benzene rings is 1. The zero-order valence-corrected chi connectivity index (χ0v) is 14.5. The fourth-order valence-electron chi connectivity index (χ4n) is 3.31. The van der Waals surface area contributed by atoms with Gasteiger partial charge in [-0.3, -0.25) is 4.79 Å². The quantitative estimate of drug-likeness (QED) is 0.879. The van der Waals surface area contributed by atoms with Crippen molar-refractivity contribution in [1.29, 1.82) is 0 Å². The van der Waals surface area contributed by atoms with Gasteiger partial charge in [0.25, 0.3) is 5.91 Å². The lowest BCUT2D eigenvalue weighted by atomic mass is 9.86. The van der Waals surface area contributed by atoms with E-state index in [1.807, 2.05) is 0 Å². The van der Waals surface area contributed by atoms with E-state index in [9.17, 15) is 13.6 Å². The van der Waals surface area contributed by atoms with Gasteiger partial charge in [0.05, 0.1) is 12.1 Å². The Morgan fingerprint density at radius 1 is 1.22 bits per heavy atom. The molecule has 0 bridgehead atoms. The van der Waals surface area contributed by atoms with Crippen LogP contribution in [0, 0.1) is 0 Å². The van der Waals surface area contributed by atoms with Gasteiger partial charge < -0.3 is 19.3 Å². The monoisotopic (exact) mass is 379 g/mol. The van der Waals surface area contributed by atoms with Gasteiger partial charge in [0.15, 0.2) is 17.3 Å². The van der Waals surface area contributed by atoms with Crippen LogP contribution in [0.25, 0.3) is 0 Å². The van der Waals surface area contributed by atoms with Crippen LogP contribution in [0.5, 0.6) is 11.5 Å². The molecule has 0 saturated heterocycles. The first-order valence-electron chi connectivity index (χ1n) is 8.89. The van der Waals surface area contributed by atoms with Crippen molar-refractivity contribution in [1.82, 2.24) is 15.5 Å². The van der Waals surface area contributed by atoms with Crippen molar-refractivity contribution in [3.8, 4) is 11.5 Å². The molecule has 7 nitrogen and oxygen atoms in total. The Balaban J connectivity index is 1.37. The van der Waals surface area contributed by atoms with E-state index in [4.69, 9.17) is 14.0 Å². The maximum absolute atomic E-state index is 13.3. The molecule has 1 saturated carbocycles. The lowest BCUT2D eigenvalue weighted by molar-refractivity contribution is -0.0389. The Morgan fingerprint density at radius 3 is 2.81 bits per heavy atom. The number of nitrogens with zero attached hydrogens (tertiary/aromatic N) is 2. The Hall–Kier alpha value is -2.71. The summed E-state index contributed by atoms with van der Waals surface area (Å²) in [5.41, 5.74) is 0.362. The summed E-state index contributed by atoms with van der Waals surface area (Å²) in [6.45, 7) is 0.861. The summed E-state index contributed by atoms with van der Waals surface area (Å²) in [5, 5.41) is 6.59. The first-order valence-corrected chi connectivity index (χ1v) is 8.89. The largest absolute Gasteiger partial charge is 0.486 e. The number of hydrogen-bond acceptors (Lipinski definition) is 6. The van der Waals surface area contributed by atoms with Crippen molar-refractivity contribution in [2.45, 2.75) is 44.1 Å². The van der Waals surface area contributed by atoms with Crippen LogP contribution >= 0.6 is 0 Å². The Morgan fingerprint density at radius 2 is 2.00 bits per heavy atom. The first kappa shape index (κ1) is 17.7. The van der Waals surface area contributed by atoms with Crippen LogP contribution in [0.15, 0.2) is 22.7 Å². The van der Waals surface area contributed by atoms with Crippen molar-refractivity contribution in [2.75, 3.05) is 13.2 Å². The minimum absolute atomic E-state index is 0.0409. The lowest BCUT2D eigenvalue weighted by Crippen LogP contribution is -2.26. The van der Waals surface area contributed by atoms with Gasteiger partial charge in [-0.1, -0.05) is 11.2 Å². The van der Waals surface area contributed by atoms with Gasteiger partial charge in [0.2, 0.25) is 11.8 Å². The third-order valence-electron chi connectivity index (χ3n) is 4.78. The van der Waals surface area contributed by atoms with E-state index >= 15 is 0 Å². The molecule has 0 spiro atoms. The molecule has 0 unspecified atom stereocenters. The fraction of sp³-hybridized carbons (Fsp3) is 0.500. The summed E-state index contributed by atoms with van der Waals surface area (Å²) in [5.74, 6) is -1.49. The van der Waals surface area contributed by atoms with Gasteiger partial charge in [0.1, 0.15) is 13.2 Å². The minimum Gasteiger partial charge on any atom is -0.486 e. The van der Waals surface area contributed by atoms with E-state index in [1.54, 1.807) is 18.2 Å². The Kier molecular flexibility index (Phi) is 4.67. The van der Waals surface area contributed by atoms with Crippen LogP contribution in [-0.4, -0.2) is 35.2 Å².